The summed E-state index contributed by atoms with van der Waals surface area (Å²) in [6.07, 6.45) is 4.25. The first kappa shape index (κ1) is 16.7. The highest BCUT2D eigenvalue weighted by molar-refractivity contribution is 5.88. The van der Waals surface area contributed by atoms with Crippen molar-refractivity contribution in [3.63, 3.8) is 0 Å². The van der Waals surface area contributed by atoms with E-state index in [1.54, 1.807) is 23.1 Å². The number of carbonyl (C=O) groups excluding carboxylic acids is 1. The van der Waals surface area contributed by atoms with Crippen molar-refractivity contribution in [1.82, 2.24) is 20.1 Å². The van der Waals surface area contributed by atoms with E-state index in [2.05, 4.69) is 32.8 Å². The summed E-state index contributed by atoms with van der Waals surface area (Å²) in [4.78, 5) is 16.5. The van der Waals surface area contributed by atoms with Crippen LogP contribution < -0.4 is 10.6 Å². The lowest BCUT2D eigenvalue weighted by Gasteiger charge is -2.15. The second-order valence-electron chi connectivity index (χ2n) is 5.75. The van der Waals surface area contributed by atoms with Crippen LogP contribution in [0.25, 0.3) is 0 Å². The monoisotopic (exact) mass is 335 g/mol. The number of benzene rings is 1. The zero-order valence-corrected chi connectivity index (χ0v) is 14.1. The molecule has 6 heteroatoms. The normalized spacial score (nSPS) is 11.7. The Morgan fingerprint density at radius 2 is 1.88 bits per heavy atom. The summed E-state index contributed by atoms with van der Waals surface area (Å²) >= 11 is 0. The van der Waals surface area contributed by atoms with Gasteiger partial charge in [0.1, 0.15) is 5.82 Å². The number of rotatable bonds is 6. The number of pyridine rings is 1. The number of hydrogen-bond donors (Lipinski definition) is 2. The van der Waals surface area contributed by atoms with Gasteiger partial charge < -0.3 is 5.32 Å². The number of carbonyl (C=O) groups is 1. The Kier molecular flexibility index (Phi) is 5.41. The van der Waals surface area contributed by atoms with E-state index in [-0.39, 0.29) is 12.1 Å². The van der Waals surface area contributed by atoms with E-state index < -0.39 is 0 Å². The fourth-order valence-corrected chi connectivity index (χ4v) is 2.55. The number of aryl methyl sites for hydroxylation is 2. The van der Waals surface area contributed by atoms with Crippen LogP contribution in [0.1, 0.15) is 24.2 Å². The Morgan fingerprint density at radius 1 is 1.08 bits per heavy atom. The van der Waals surface area contributed by atoms with Crippen molar-refractivity contribution in [2.75, 3.05) is 5.32 Å². The molecule has 0 unspecified atom stereocenters. The molecule has 3 rings (SSSR count). The molecule has 2 amide bonds. The SMILES string of the molecule is C[C@@H](NC(=O)Nc1ccnn1CCc1ccccc1)c1ccccn1. The van der Waals surface area contributed by atoms with Crippen LogP contribution in [-0.4, -0.2) is 20.8 Å². The molecule has 2 heterocycles. The minimum absolute atomic E-state index is 0.179. The van der Waals surface area contributed by atoms with Crippen LogP contribution >= 0.6 is 0 Å². The molecule has 1 atom stereocenters. The zero-order chi connectivity index (χ0) is 17.5. The molecule has 1 aromatic carbocycles. The summed E-state index contributed by atoms with van der Waals surface area (Å²) in [6.45, 7) is 2.59. The van der Waals surface area contributed by atoms with Crippen molar-refractivity contribution < 1.29 is 4.79 Å². The second kappa shape index (κ2) is 8.10. The van der Waals surface area contributed by atoms with Crippen molar-refractivity contribution >= 4 is 11.8 Å². The lowest BCUT2D eigenvalue weighted by Crippen LogP contribution is -2.32. The summed E-state index contributed by atoms with van der Waals surface area (Å²) in [5.74, 6) is 0.668. The Hall–Kier alpha value is -3.15. The summed E-state index contributed by atoms with van der Waals surface area (Å²) in [5, 5.41) is 10.0. The third-order valence-corrected chi connectivity index (χ3v) is 3.89. The summed E-state index contributed by atoms with van der Waals surface area (Å²) in [7, 11) is 0. The number of nitrogens with zero attached hydrogens (tertiary/aromatic N) is 3. The van der Waals surface area contributed by atoms with Gasteiger partial charge in [0, 0.05) is 18.8 Å². The van der Waals surface area contributed by atoms with E-state index in [0.717, 1.165) is 12.1 Å². The molecular formula is C19H21N5O. The van der Waals surface area contributed by atoms with Crippen LogP contribution in [0, 0.1) is 0 Å². The molecule has 0 aliphatic carbocycles. The predicted molar refractivity (Wildman–Crippen MR) is 97.2 cm³/mol. The lowest BCUT2D eigenvalue weighted by atomic mass is 10.1. The maximum atomic E-state index is 12.2. The number of anilines is 1. The van der Waals surface area contributed by atoms with Crippen LogP contribution in [0.3, 0.4) is 0 Å². The molecule has 0 bridgehead atoms. The molecule has 0 saturated carbocycles. The average Bonchev–Trinajstić information content (AvgIpc) is 3.08. The Morgan fingerprint density at radius 3 is 2.64 bits per heavy atom. The van der Waals surface area contributed by atoms with E-state index in [4.69, 9.17) is 0 Å². The number of aromatic nitrogens is 3. The topological polar surface area (TPSA) is 71.8 Å². The summed E-state index contributed by atoms with van der Waals surface area (Å²) in [6, 6.07) is 17.2. The second-order valence-corrected chi connectivity index (χ2v) is 5.75. The Labute approximate surface area is 146 Å². The van der Waals surface area contributed by atoms with E-state index in [1.807, 2.05) is 43.3 Å². The first-order valence-electron chi connectivity index (χ1n) is 8.26. The number of amides is 2. The average molecular weight is 335 g/mol. The Balaban J connectivity index is 1.56. The molecule has 2 N–H and O–H groups in total. The zero-order valence-electron chi connectivity index (χ0n) is 14.1. The van der Waals surface area contributed by atoms with Crippen molar-refractivity contribution in [1.29, 1.82) is 0 Å². The van der Waals surface area contributed by atoms with Gasteiger partial charge in [-0.05, 0) is 31.0 Å². The third kappa shape index (κ3) is 4.67. The van der Waals surface area contributed by atoms with Crippen molar-refractivity contribution in [3.8, 4) is 0 Å². The molecule has 3 aromatic rings. The van der Waals surface area contributed by atoms with E-state index >= 15 is 0 Å². The van der Waals surface area contributed by atoms with Gasteiger partial charge >= 0.3 is 6.03 Å². The quantitative estimate of drug-likeness (QED) is 0.725. The van der Waals surface area contributed by atoms with Crippen LogP contribution in [0.4, 0.5) is 10.6 Å². The van der Waals surface area contributed by atoms with E-state index in [9.17, 15) is 4.79 Å². The molecule has 0 spiro atoms. The molecule has 0 saturated heterocycles. The summed E-state index contributed by atoms with van der Waals surface area (Å²) < 4.78 is 1.79. The molecule has 2 aromatic heterocycles. The molecule has 0 aliphatic rings. The van der Waals surface area contributed by atoms with Crippen LogP contribution in [0.5, 0.6) is 0 Å². The van der Waals surface area contributed by atoms with Gasteiger partial charge in [-0.2, -0.15) is 5.10 Å². The van der Waals surface area contributed by atoms with E-state index in [0.29, 0.717) is 12.4 Å². The third-order valence-electron chi connectivity index (χ3n) is 3.89. The van der Waals surface area contributed by atoms with Gasteiger partial charge in [0.25, 0.3) is 0 Å². The van der Waals surface area contributed by atoms with Gasteiger partial charge in [-0.1, -0.05) is 36.4 Å². The minimum atomic E-state index is -0.278. The van der Waals surface area contributed by atoms with Gasteiger partial charge in [0.2, 0.25) is 0 Å². The van der Waals surface area contributed by atoms with Crippen molar-refractivity contribution in [2.24, 2.45) is 0 Å². The molecule has 128 valence electrons. The van der Waals surface area contributed by atoms with Gasteiger partial charge in [-0.25, -0.2) is 9.48 Å². The van der Waals surface area contributed by atoms with E-state index in [1.165, 1.54) is 5.56 Å². The number of hydrogen-bond acceptors (Lipinski definition) is 3. The maximum Gasteiger partial charge on any atom is 0.320 e. The molecule has 0 fully saturated rings. The highest BCUT2D eigenvalue weighted by Crippen LogP contribution is 2.11. The smallest absolute Gasteiger partial charge is 0.320 e. The summed E-state index contributed by atoms with van der Waals surface area (Å²) in [5.41, 5.74) is 2.05. The fraction of sp³-hybridized carbons (Fsp3) is 0.211. The van der Waals surface area contributed by atoms with Gasteiger partial charge in [0.05, 0.1) is 17.9 Å². The fourth-order valence-electron chi connectivity index (χ4n) is 2.55. The standard InChI is InChI=1S/C19H21N5O/c1-15(17-9-5-6-12-20-17)22-19(25)23-18-10-13-21-24(18)14-11-16-7-3-2-4-8-16/h2-10,12-13,15H,11,14H2,1H3,(H2,22,23,25)/t15-/m1/s1. The number of nitrogens with one attached hydrogen (secondary N) is 2. The maximum absolute atomic E-state index is 12.2. The van der Waals surface area contributed by atoms with Crippen LogP contribution in [0.2, 0.25) is 0 Å². The van der Waals surface area contributed by atoms with Crippen LogP contribution in [-0.2, 0) is 13.0 Å². The van der Waals surface area contributed by atoms with Crippen LogP contribution in [0.15, 0.2) is 67.0 Å². The first-order chi connectivity index (χ1) is 12.2. The highest BCUT2D eigenvalue weighted by atomic mass is 16.2. The molecular weight excluding hydrogens is 314 g/mol. The largest absolute Gasteiger partial charge is 0.330 e. The van der Waals surface area contributed by atoms with Gasteiger partial charge in [-0.15, -0.1) is 0 Å². The minimum Gasteiger partial charge on any atom is -0.330 e. The molecule has 6 nitrogen and oxygen atoms in total. The first-order valence-corrected chi connectivity index (χ1v) is 8.26. The molecule has 0 aliphatic heterocycles. The number of urea groups is 1. The van der Waals surface area contributed by atoms with Crippen molar-refractivity contribution in [2.45, 2.75) is 25.9 Å². The molecule has 0 radical (unpaired) electrons. The van der Waals surface area contributed by atoms with Crippen molar-refractivity contribution in [3.05, 3.63) is 78.2 Å². The Bertz CT molecular complexity index is 801. The van der Waals surface area contributed by atoms with Gasteiger partial charge in [0.15, 0.2) is 0 Å². The lowest BCUT2D eigenvalue weighted by molar-refractivity contribution is 0.249. The van der Waals surface area contributed by atoms with Gasteiger partial charge in [-0.3, -0.25) is 10.3 Å². The predicted octanol–water partition coefficient (Wildman–Crippen LogP) is 3.40. The molecule has 25 heavy (non-hydrogen) atoms. The highest BCUT2D eigenvalue weighted by Gasteiger charge is 2.12.